The molecular formula is C9H12N2O2-2. The van der Waals surface area contributed by atoms with E-state index in [2.05, 4.69) is 0 Å². The number of benzene rings is 1. The fraction of sp³-hybridized carbons (Fsp3) is 0.333. The van der Waals surface area contributed by atoms with Gasteiger partial charge in [0.05, 0.1) is 0 Å². The maximum Gasteiger partial charge on any atom is 0.0288 e. The van der Waals surface area contributed by atoms with Crippen LogP contribution < -0.4 is 10.1 Å². The largest absolute Gasteiger partial charge is 0.758 e. The van der Waals surface area contributed by atoms with Crippen molar-refractivity contribution in [3.8, 4) is 0 Å². The highest BCUT2D eigenvalue weighted by molar-refractivity contribution is 5.61. The first kappa shape index (κ1) is 9.83. The summed E-state index contributed by atoms with van der Waals surface area (Å²) in [6.07, 6.45) is 0. The van der Waals surface area contributed by atoms with Gasteiger partial charge in [-0.15, -0.1) is 0 Å². The molecule has 0 fully saturated rings. The van der Waals surface area contributed by atoms with Crippen LogP contribution in [0.1, 0.15) is 5.56 Å². The van der Waals surface area contributed by atoms with E-state index in [-0.39, 0.29) is 0 Å². The molecule has 0 spiro atoms. The maximum absolute atomic E-state index is 11.0. The summed E-state index contributed by atoms with van der Waals surface area (Å²) >= 11 is 0. The summed E-state index contributed by atoms with van der Waals surface area (Å²) in [5.41, 5.74) is 1.95. The Morgan fingerprint density at radius 1 is 1.08 bits per heavy atom. The van der Waals surface area contributed by atoms with Gasteiger partial charge in [-0.05, 0) is 44.8 Å². The van der Waals surface area contributed by atoms with E-state index >= 15 is 0 Å². The minimum Gasteiger partial charge on any atom is -0.758 e. The van der Waals surface area contributed by atoms with Gasteiger partial charge >= 0.3 is 0 Å². The van der Waals surface area contributed by atoms with Crippen molar-refractivity contribution in [2.24, 2.45) is 0 Å². The van der Waals surface area contributed by atoms with Gasteiger partial charge in [-0.2, -0.15) is 0 Å². The molecule has 0 N–H and O–H groups in total. The quantitative estimate of drug-likeness (QED) is 0.652. The molecule has 0 aromatic heterocycles. The van der Waals surface area contributed by atoms with Gasteiger partial charge in [-0.3, -0.25) is 0 Å². The van der Waals surface area contributed by atoms with Crippen LogP contribution in [0.25, 0.3) is 0 Å². The van der Waals surface area contributed by atoms with Crippen molar-refractivity contribution in [3.63, 3.8) is 0 Å². The highest BCUT2D eigenvalue weighted by Crippen LogP contribution is 2.23. The van der Waals surface area contributed by atoms with Crippen LogP contribution in [0.15, 0.2) is 18.2 Å². The second-order valence-electron chi connectivity index (χ2n) is 2.97. The Morgan fingerprint density at radius 3 is 2.08 bits per heavy atom. The van der Waals surface area contributed by atoms with E-state index in [4.69, 9.17) is 0 Å². The van der Waals surface area contributed by atoms with Gasteiger partial charge in [-0.1, -0.05) is 0 Å². The van der Waals surface area contributed by atoms with Crippen LogP contribution >= 0.6 is 0 Å². The van der Waals surface area contributed by atoms with E-state index in [9.17, 15) is 10.4 Å². The van der Waals surface area contributed by atoms with E-state index in [1.807, 2.05) is 0 Å². The van der Waals surface area contributed by atoms with Gasteiger partial charge in [0, 0.05) is 11.4 Å². The van der Waals surface area contributed by atoms with E-state index in [1.165, 1.54) is 14.1 Å². The molecule has 0 heterocycles. The molecule has 0 saturated carbocycles. The molecule has 0 aliphatic heterocycles. The second kappa shape index (κ2) is 3.64. The normalized spacial score (nSPS) is 9.92. The Morgan fingerprint density at radius 2 is 1.69 bits per heavy atom. The Balaban J connectivity index is 3.06. The molecule has 0 radical (unpaired) electrons. The Labute approximate surface area is 77.5 Å². The molecule has 4 nitrogen and oxygen atoms in total. The second-order valence-corrected chi connectivity index (χ2v) is 2.97. The number of rotatable bonds is 2. The van der Waals surface area contributed by atoms with E-state index in [0.717, 1.165) is 15.7 Å². The molecule has 0 saturated heterocycles. The monoisotopic (exact) mass is 180 g/mol. The lowest BCUT2D eigenvalue weighted by atomic mass is 10.2. The fourth-order valence-electron chi connectivity index (χ4n) is 1.19. The molecule has 13 heavy (non-hydrogen) atoms. The van der Waals surface area contributed by atoms with Crippen molar-refractivity contribution in [1.82, 2.24) is 0 Å². The lowest BCUT2D eigenvalue weighted by Crippen LogP contribution is -2.10. The number of anilines is 2. The van der Waals surface area contributed by atoms with Crippen LogP contribution in [0.3, 0.4) is 0 Å². The molecular weight excluding hydrogens is 168 g/mol. The summed E-state index contributed by atoms with van der Waals surface area (Å²) in [4.78, 5) is 0. The molecule has 4 heteroatoms. The molecule has 0 amide bonds. The van der Waals surface area contributed by atoms with Gasteiger partial charge in [0.25, 0.3) is 0 Å². The van der Waals surface area contributed by atoms with Crippen molar-refractivity contribution in [1.29, 1.82) is 0 Å². The van der Waals surface area contributed by atoms with Crippen LogP contribution in [0.5, 0.6) is 0 Å². The summed E-state index contributed by atoms with van der Waals surface area (Å²) in [5, 5.41) is 23.4. The van der Waals surface area contributed by atoms with Crippen molar-refractivity contribution in [2.45, 2.75) is 6.92 Å². The minimum absolute atomic E-state index is 0.558. The fourth-order valence-corrected chi connectivity index (χ4v) is 1.19. The summed E-state index contributed by atoms with van der Waals surface area (Å²) in [5.74, 6) is 0. The van der Waals surface area contributed by atoms with Gasteiger partial charge in [0.15, 0.2) is 0 Å². The maximum atomic E-state index is 11.0. The van der Waals surface area contributed by atoms with Crippen molar-refractivity contribution >= 4 is 11.4 Å². The van der Waals surface area contributed by atoms with Crippen LogP contribution in [0.2, 0.25) is 0 Å². The number of hydrogen-bond acceptors (Lipinski definition) is 4. The Kier molecular flexibility index (Phi) is 2.75. The molecule has 1 aromatic carbocycles. The van der Waals surface area contributed by atoms with E-state index < -0.39 is 0 Å². The third-order valence-corrected chi connectivity index (χ3v) is 1.88. The summed E-state index contributed by atoms with van der Waals surface area (Å²) in [6, 6.07) is 4.96. The smallest absolute Gasteiger partial charge is 0.0288 e. The first-order valence-electron chi connectivity index (χ1n) is 3.94. The van der Waals surface area contributed by atoms with E-state index in [1.54, 1.807) is 25.1 Å². The zero-order valence-corrected chi connectivity index (χ0v) is 7.94. The Hall–Kier alpha value is -1.26. The van der Waals surface area contributed by atoms with Crippen molar-refractivity contribution < 1.29 is 0 Å². The average molecular weight is 180 g/mol. The van der Waals surface area contributed by atoms with E-state index in [0.29, 0.717) is 11.4 Å². The molecule has 0 bridgehead atoms. The zero-order chi connectivity index (χ0) is 10.0. The minimum atomic E-state index is 0.558. The SMILES string of the molecule is Cc1cc(N(C)[O-])ccc1N(C)[O-]. The first-order chi connectivity index (χ1) is 6.02. The standard InChI is InChI=1S/C9H12N2O2/c1-7-6-8(10(2)12)4-5-9(7)11(3)13/h4-6H,1-3H3/q-2. The van der Waals surface area contributed by atoms with Crippen LogP contribution in [-0.2, 0) is 0 Å². The van der Waals surface area contributed by atoms with Gasteiger partial charge in [0.2, 0.25) is 0 Å². The number of aryl methyl sites for hydroxylation is 1. The molecule has 0 aliphatic carbocycles. The van der Waals surface area contributed by atoms with Crippen LogP contribution in [0, 0.1) is 17.3 Å². The van der Waals surface area contributed by atoms with Crippen LogP contribution in [0.4, 0.5) is 11.4 Å². The third kappa shape index (κ3) is 2.11. The molecule has 0 aliphatic rings. The third-order valence-electron chi connectivity index (χ3n) is 1.88. The zero-order valence-electron chi connectivity index (χ0n) is 7.94. The van der Waals surface area contributed by atoms with Gasteiger partial charge in [0.1, 0.15) is 0 Å². The molecule has 72 valence electrons. The lowest BCUT2D eigenvalue weighted by molar-refractivity contribution is 1.17. The summed E-state index contributed by atoms with van der Waals surface area (Å²) < 4.78 is 0. The number of nitrogens with zero attached hydrogens (tertiary/aromatic N) is 2. The molecule has 1 aromatic rings. The number of hydroxylamine groups is 2. The van der Waals surface area contributed by atoms with Gasteiger partial charge < -0.3 is 20.5 Å². The molecule has 1 rings (SSSR count). The van der Waals surface area contributed by atoms with Crippen LogP contribution in [-0.4, -0.2) is 14.1 Å². The molecule has 0 atom stereocenters. The average Bonchev–Trinajstić information content (AvgIpc) is 2.03. The Bertz CT molecular complexity index is 298. The lowest BCUT2D eigenvalue weighted by Gasteiger charge is -2.30. The van der Waals surface area contributed by atoms with Crippen molar-refractivity contribution in [2.75, 3.05) is 24.2 Å². The first-order valence-corrected chi connectivity index (χ1v) is 3.94. The van der Waals surface area contributed by atoms with Crippen molar-refractivity contribution in [3.05, 3.63) is 34.2 Å². The summed E-state index contributed by atoms with van der Waals surface area (Å²) in [7, 11) is 2.86. The molecule has 0 unspecified atom stereocenters. The topological polar surface area (TPSA) is 52.6 Å². The number of hydrogen-bond donors (Lipinski definition) is 0. The predicted molar refractivity (Wildman–Crippen MR) is 54.7 cm³/mol. The predicted octanol–water partition coefficient (Wildman–Crippen LogP) is 1.86. The summed E-state index contributed by atoms with van der Waals surface area (Å²) in [6.45, 7) is 1.80. The van der Waals surface area contributed by atoms with Gasteiger partial charge in [-0.25, -0.2) is 0 Å². The highest BCUT2D eigenvalue weighted by Gasteiger charge is 1.98. The highest BCUT2D eigenvalue weighted by atomic mass is 16.5.